The average Bonchev–Trinajstić information content (AvgIpc) is 2.16. The maximum Gasteiger partial charge on any atom is 0.0585 e. The van der Waals surface area contributed by atoms with Crippen molar-refractivity contribution in [3.05, 3.63) is 34.9 Å². The minimum atomic E-state index is 0.250. The van der Waals surface area contributed by atoms with Gasteiger partial charge in [0.05, 0.1) is 13.2 Å². The Labute approximate surface area is 97.2 Å². The summed E-state index contributed by atoms with van der Waals surface area (Å²) in [7, 11) is 0. The smallest absolute Gasteiger partial charge is 0.0585 e. The molecule has 1 saturated heterocycles. The van der Waals surface area contributed by atoms with Gasteiger partial charge in [0, 0.05) is 5.41 Å². The van der Waals surface area contributed by atoms with Gasteiger partial charge in [-0.1, -0.05) is 18.2 Å². The molecular formula is C13H18OS. The number of benzene rings is 1. The highest BCUT2D eigenvalue weighted by atomic mass is 32.1. The van der Waals surface area contributed by atoms with Crippen LogP contribution in [-0.2, 0) is 10.2 Å². The van der Waals surface area contributed by atoms with Crippen LogP contribution in [0.5, 0.6) is 0 Å². The molecule has 1 fully saturated rings. The fraction of sp³-hybridized carbons (Fsp3) is 0.538. The van der Waals surface area contributed by atoms with Gasteiger partial charge in [-0.05, 0) is 42.7 Å². The normalized spacial score (nSPS) is 18.6. The molecule has 0 N–H and O–H groups in total. The molecule has 0 aliphatic carbocycles. The summed E-state index contributed by atoms with van der Waals surface area (Å²) in [6.45, 7) is 6.04. The summed E-state index contributed by atoms with van der Waals surface area (Å²) in [4.78, 5) is 0. The predicted octanol–water partition coefficient (Wildman–Crippen LogP) is 2.89. The molecule has 1 aliphatic rings. The summed E-state index contributed by atoms with van der Waals surface area (Å²) in [5, 5.41) is 0. The van der Waals surface area contributed by atoms with Crippen molar-refractivity contribution in [3.8, 4) is 0 Å². The number of rotatable bonds is 3. The molecule has 1 nitrogen and oxygen atoms in total. The molecule has 2 heteroatoms. The first-order valence-corrected chi connectivity index (χ1v) is 6.07. The highest BCUT2D eigenvalue weighted by molar-refractivity contribution is 7.80. The van der Waals surface area contributed by atoms with Crippen LogP contribution in [0, 0.1) is 13.8 Å². The molecule has 0 aromatic heterocycles. The molecule has 1 aromatic rings. The van der Waals surface area contributed by atoms with Gasteiger partial charge in [-0.3, -0.25) is 0 Å². The topological polar surface area (TPSA) is 9.23 Å². The van der Waals surface area contributed by atoms with E-state index < -0.39 is 0 Å². The van der Waals surface area contributed by atoms with E-state index in [1.165, 1.54) is 16.7 Å². The van der Waals surface area contributed by atoms with Gasteiger partial charge in [0.1, 0.15) is 0 Å². The first kappa shape index (κ1) is 11.0. The molecule has 0 spiro atoms. The summed E-state index contributed by atoms with van der Waals surface area (Å²) in [5.74, 6) is 0.927. The lowest BCUT2D eigenvalue weighted by molar-refractivity contribution is -0.0614. The van der Waals surface area contributed by atoms with Gasteiger partial charge in [-0.15, -0.1) is 0 Å². The van der Waals surface area contributed by atoms with Gasteiger partial charge in [0.25, 0.3) is 0 Å². The quantitative estimate of drug-likeness (QED) is 0.774. The Morgan fingerprint density at radius 1 is 1.27 bits per heavy atom. The number of ether oxygens (including phenoxy) is 1. The predicted molar refractivity (Wildman–Crippen MR) is 66.9 cm³/mol. The molecule has 0 saturated carbocycles. The molecule has 1 aliphatic heterocycles. The molecule has 82 valence electrons. The van der Waals surface area contributed by atoms with Crippen LogP contribution in [0.3, 0.4) is 0 Å². The van der Waals surface area contributed by atoms with E-state index in [4.69, 9.17) is 4.74 Å². The Morgan fingerprint density at radius 3 is 2.47 bits per heavy atom. The summed E-state index contributed by atoms with van der Waals surface area (Å²) in [6.07, 6.45) is 1.11. The fourth-order valence-electron chi connectivity index (χ4n) is 2.09. The lowest BCUT2D eigenvalue weighted by Crippen LogP contribution is -2.47. The van der Waals surface area contributed by atoms with E-state index in [9.17, 15) is 0 Å². The van der Waals surface area contributed by atoms with Crippen molar-refractivity contribution in [1.29, 1.82) is 0 Å². The van der Waals surface area contributed by atoms with Crippen molar-refractivity contribution in [2.75, 3.05) is 19.0 Å². The van der Waals surface area contributed by atoms with Crippen LogP contribution in [0.4, 0.5) is 0 Å². The van der Waals surface area contributed by atoms with Crippen LogP contribution in [0.25, 0.3) is 0 Å². The first-order chi connectivity index (χ1) is 7.18. The molecule has 0 unspecified atom stereocenters. The maximum absolute atomic E-state index is 5.38. The second kappa shape index (κ2) is 4.18. The van der Waals surface area contributed by atoms with Gasteiger partial charge in [0.2, 0.25) is 0 Å². The minimum Gasteiger partial charge on any atom is -0.379 e. The van der Waals surface area contributed by atoms with E-state index >= 15 is 0 Å². The molecule has 0 atom stereocenters. The third-order valence-electron chi connectivity index (χ3n) is 3.47. The van der Waals surface area contributed by atoms with Gasteiger partial charge in [0.15, 0.2) is 0 Å². The van der Waals surface area contributed by atoms with E-state index in [0.717, 1.165) is 25.4 Å². The van der Waals surface area contributed by atoms with Gasteiger partial charge in [-0.25, -0.2) is 0 Å². The number of hydrogen-bond donors (Lipinski definition) is 1. The largest absolute Gasteiger partial charge is 0.379 e. The Bertz CT molecular complexity index is 356. The molecule has 15 heavy (non-hydrogen) atoms. The second-order valence-electron chi connectivity index (χ2n) is 4.55. The number of thiol groups is 1. The van der Waals surface area contributed by atoms with Crippen LogP contribution in [0.15, 0.2) is 18.2 Å². The fourth-order valence-corrected chi connectivity index (χ4v) is 2.52. The van der Waals surface area contributed by atoms with Crippen molar-refractivity contribution in [1.82, 2.24) is 0 Å². The lowest BCUT2D eigenvalue weighted by Gasteiger charge is -2.42. The standard InChI is InChI=1S/C13H18OS/c1-10-3-4-12(7-11(10)2)13(5-6-15)8-14-9-13/h3-4,7,15H,5-6,8-9H2,1-2H3. The van der Waals surface area contributed by atoms with E-state index in [1.807, 2.05) is 0 Å². The van der Waals surface area contributed by atoms with E-state index in [0.29, 0.717) is 0 Å². The average molecular weight is 222 g/mol. The van der Waals surface area contributed by atoms with E-state index in [-0.39, 0.29) is 5.41 Å². The van der Waals surface area contributed by atoms with Crippen molar-refractivity contribution < 1.29 is 4.74 Å². The second-order valence-corrected chi connectivity index (χ2v) is 4.99. The van der Waals surface area contributed by atoms with Gasteiger partial charge in [-0.2, -0.15) is 12.6 Å². The zero-order valence-corrected chi connectivity index (χ0v) is 10.3. The molecule has 2 rings (SSSR count). The van der Waals surface area contributed by atoms with Gasteiger partial charge < -0.3 is 4.74 Å². The van der Waals surface area contributed by atoms with Crippen LogP contribution in [0.2, 0.25) is 0 Å². The third kappa shape index (κ3) is 1.93. The maximum atomic E-state index is 5.38. The van der Waals surface area contributed by atoms with Crippen LogP contribution in [0.1, 0.15) is 23.1 Å². The SMILES string of the molecule is Cc1ccc(C2(CCS)COC2)cc1C. The number of aryl methyl sites for hydroxylation is 2. The van der Waals surface area contributed by atoms with E-state index in [1.54, 1.807) is 0 Å². The Kier molecular flexibility index (Phi) is 3.08. The van der Waals surface area contributed by atoms with E-state index in [2.05, 4.69) is 44.7 Å². The molecular weight excluding hydrogens is 204 g/mol. The summed E-state index contributed by atoms with van der Waals surface area (Å²) >= 11 is 4.34. The van der Waals surface area contributed by atoms with Gasteiger partial charge >= 0.3 is 0 Å². The molecule has 0 amide bonds. The zero-order chi connectivity index (χ0) is 10.9. The third-order valence-corrected chi connectivity index (χ3v) is 3.69. The summed E-state index contributed by atoms with van der Waals surface area (Å²) in [6, 6.07) is 6.76. The van der Waals surface area contributed by atoms with Crippen LogP contribution >= 0.6 is 12.6 Å². The summed E-state index contributed by atoms with van der Waals surface area (Å²) < 4.78 is 5.38. The van der Waals surface area contributed by atoms with Crippen LogP contribution < -0.4 is 0 Å². The van der Waals surface area contributed by atoms with Crippen molar-refractivity contribution in [2.45, 2.75) is 25.7 Å². The van der Waals surface area contributed by atoms with Crippen LogP contribution in [-0.4, -0.2) is 19.0 Å². The highest BCUT2D eigenvalue weighted by Crippen LogP contribution is 2.36. The Hall–Kier alpha value is -0.470. The van der Waals surface area contributed by atoms with Crippen molar-refractivity contribution in [2.24, 2.45) is 0 Å². The molecule has 1 aromatic carbocycles. The minimum absolute atomic E-state index is 0.250. The Morgan fingerprint density at radius 2 is 2.00 bits per heavy atom. The first-order valence-electron chi connectivity index (χ1n) is 5.44. The Balaban J connectivity index is 2.30. The summed E-state index contributed by atoms with van der Waals surface area (Å²) in [5.41, 5.74) is 4.41. The molecule has 0 bridgehead atoms. The molecule has 0 radical (unpaired) electrons. The lowest BCUT2D eigenvalue weighted by atomic mass is 9.75. The van der Waals surface area contributed by atoms with Crippen molar-refractivity contribution in [3.63, 3.8) is 0 Å². The monoisotopic (exact) mass is 222 g/mol. The highest BCUT2D eigenvalue weighted by Gasteiger charge is 2.39. The number of hydrogen-bond acceptors (Lipinski definition) is 2. The zero-order valence-electron chi connectivity index (χ0n) is 9.42. The van der Waals surface area contributed by atoms with Crippen molar-refractivity contribution >= 4 is 12.6 Å². The molecule has 1 heterocycles.